The standard InChI is InChI=1S/C52H30N4O/c1-2-14-32-28-46-40(27-31(32)13-1)34-16-4-8-22-43(34)55(46)45-24-11-15-33-29-47-41(30-39(33)45)35-17-5-9-23-44(35)56(47)52-53-42-21-7-3-18-36(42)51(54-52)38-20-12-26-49-50(38)37-19-6-10-25-48(37)57-49/h1-30H. The summed E-state index contributed by atoms with van der Waals surface area (Å²) in [6.07, 6.45) is 0. The van der Waals surface area contributed by atoms with E-state index in [9.17, 15) is 0 Å². The minimum absolute atomic E-state index is 0.629. The molecule has 0 saturated carbocycles. The number of aromatic nitrogens is 4. The van der Waals surface area contributed by atoms with Crippen molar-refractivity contribution in [2.75, 3.05) is 0 Å². The fourth-order valence-corrected chi connectivity index (χ4v) is 9.39. The van der Waals surface area contributed by atoms with Crippen LogP contribution in [0.15, 0.2) is 186 Å². The normalized spacial score (nSPS) is 12.2. The first-order valence-corrected chi connectivity index (χ1v) is 19.3. The van der Waals surface area contributed by atoms with E-state index in [0.29, 0.717) is 5.95 Å². The lowest BCUT2D eigenvalue weighted by Crippen LogP contribution is -2.03. The van der Waals surface area contributed by atoms with Gasteiger partial charge in [0, 0.05) is 48.7 Å². The molecule has 13 rings (SSSR count). The van der Waals surface area contributed by atoms with Gasteiger partial charge in [0.1, 0.15) is 11.2 Å². The average Bonchev–Trinajstić information content (AvgIpc) is 3.91. The van der Waals surface area contributed by atoms with Crippen LogP contribution in [0.3, 0.4) is 0 Å². The fraction of sp³-hybridized carbons (Fsp3) is 0. The van der Waals surface area contributed by atoms with Crippen LogP contribution in [0, 0.1) is 0 Å². The number of hydrogen-bond donors (Lipinski definition) is 0. The number of hydrogen-bond acceptors (Lipinski definition) is 3. The number of nitrogens with zero attached hydrogens (tertiary/aromatic N) is 4. The van der Waals surface area contributed by atoms with E-state index in [2.05, 4.69) is 173 Å². The molecule has 0 fully saturated rings. The molecule has 0 aliphatic rings. The van der Waals surface area contributed by atoms with Gasteiger partial charge in [-0.25, -0.2) is 9.97 Å². The minimum atomic E-state index is 0.629. The second-order valence-corrected chi connectivity index (χ2v) is 15.0. The Labute approximate surface area is 325 Å². The molecule has 4 heterocycles. The van der Waals surface area contributed by atoms with E-state index in [1.807, 2.05) is 18.2 Å². The van der Waals surface area contributed by atoms with Crippen molar-refractivity contribution in [3.8, 4) is 22.9 Å². The quantitative estimate of drug-likeness (QED) is 0.182. The van der Waals surface area contributed by atoms with Gasteiger partial charge < -0.3 is 8.98 Å². The Hall–Kier alpha value is -7.76. The summed E-state index contributed by atoms with van der Waals surface area (Å²) in [6.45, 7) is 0. The van der Waals surface area contributed by atoms with Crippen LogP contribution in [0.2, 0.25) is 0 Å². The highest BCUT2D eigenvalue weighted by atomic mass is 16.3. The molecule has 5 nitrogen and oxygen atoms in total. The van der Waals surface area contributed by atoms with Gasteiger partial charge in [0.2, 0.25) is 5.95 Å². The Morgan fingerprint density at radius 2 is 0.965 bits per heavy atom. The zero-order valence-corrected chi connectivity index (χ0v) is 30.5. The van der Waals surface area contributed by atoms with Gasteiger partial charge in [-0.15, -0.1) is 0 Å². The van der Waals surface area contributed by atoms with Gasteiger partial charge in [0.15, 0.2) is 0 Å². The molecule has 13 aromatic rings. The van der Waals surface area contributed by atoms with E-state index in [0.717, 1.165) is 77.0 Å². The number of benzene rings is 9. The molecule has 0 amide bonds. The molecular weight excluding hydrogens is 697 g/mol. The molecule has 4 aromatic heterocycles. The first kappa shape index (κ1) is 30.6. The van der Waals surface area contributed by atoms with E-state index in [4.69, 9.17) is 14.4 Å². The maximum absolute atomic E-state index is 6.34. The van der Waals surface area contributed by atoms with Crippen LogP contribution in [0.4, 0.5) is 0 Å². The average molecular weight is 727 g/mol. The molecule has 5 heteroatoms. The second kappa shape index (κ2) is 11.4. The Morgan fingerprint density at radius 1 is 0.368 bits per heavy atom. The van der Waals surface area contributed by atoms with Crippen molar-refractivity contribution in [3.05, 3.63) is 182 Å². The lowest BCUT2D eigenvalue weighted by Gasteiger charge is -2.14. The van der Waals surface area contributed by atoms with Crippen molar-refractivity contribution in [1.29, 1.82) is 0 Å². The molecule has 0 N–H and O–H groups in total. The van der Waals surface area contributed by atoms with E-state index in [1.165, 1.54) is 38.0 Å². The summed E-state index contributed by atoms with van der Waals surface area (Å²) in [5, 5.41) is 12.7. The van der Waals surface area contributed by atoms with Gasteiger partial charge in [-0.3, -0.25) is 4.57 Å². The Bertz CT molecular complexity index is 3830. The third-order valence-electron chi connectivity index (χ3n) is 11.9. The van der Waals surface area contributed by atoms with Crippen LogP contribution in [0.25, 0.3) is 121 Å². The summed E-state index contributed by atoms with van der Waals surface area (Å²) in [6, 6.07) is 64.9. The third-order valence-corrected chi connectivity index (χ3v) is 11.9. The lowest BCUT2D eigenvalue weighted by molar-refractivity contribution is 0.669. The zero-order chi connectivity index (χ0) is 37.2. The van der Waals surface area contributed by atoms with Crippen LogP contribution >= 0.6 is 0 Å². The molecular formula is C52H30N4O. The van der Waals surface area contributed by atoms with Crippen LogP contribution in [0.1, 0.15) is 0 Å². The highest BCUT2D eigenvalue weighted by Gasteiger charge is 2.22. The molecule has 0 aliphatic carbocycles. The van der Waals surface area contributed by atoms with E-state index >= 15 is 0 Å². The van der Waals surface area contributed by atoms with Crippen LogP contribution in [-0.4, -0.2) is 19.1 Å². The van der Waals surface area contributed by atoms with Crippen LogP contribution in [0.5, 0.6) is 0 Å². The van der Waals surface area contributed by atoms with Gasteiger partial charge in [-0.2, -0.15) is 0 Å². The van der Waals surface area contributed by atoms with Gasteiger partial charge in [0.05, 0.1) is 39.0 Å². The fourth-order valence-electron chi connectivity index (χ4n) is 9.39. The van der Waals surface area contributed by atoms with Crippen molar-refractivity contribution >= 4 is 98.0 Å². The highest BCUT2D eigenvalue weighted by Crippen LogP contribution is 2.42. The molecule has 0 spiro atoms. The minimum Gasteiger partial charge on any atom is -0.456 e. The predicted octanol–water partition coefficient (Wildman–Crippen LogP) is 13.7. The summed E-state index contributed by atoms with van der Waals surface area (Å²) < 4.78 is 11.0. The van der Waals surface area contributed by atoms with E-state index < -0.39 is 0 Å². The number of furan rings is 1. The summed E-state index contributed by atoms with van der Waals surface area (Å²) in [4.78, 5) is 10.8. The molecule has 0 aliphatic heterocycles. The monoisotopic (exact) mass is 726 g/mol. The van der Waals surface area contributed by atoms with E-state index in [1.54, 1.807) is 0 Å². The van der Waals surface area contributed by atoms with Gasteiger partial charge >= 0.3 is 0 Å². The first-order valence-electron chi connectivity index (χ1n) is 19.3. The van der Waals surface area contributed by atoms with Gasteiger partial charge in [-0.05, 0) is 76.8 Å². The summed E-state index contributed by atoms with van der Waals surface area (Å²) in [7, 11) is 0. The number of fused-ring (bicyclic) bond motifs is 12. The largest absolute Gasteiger partial charge is 0.456 e. The lowest BCUT2D eigenvalue weighted by atomic mass is 10.0. The number of rotatable bonds is 3. The molecule has 9 aromatic carbocycles. The third kappa shape index (κ3) is 4.28. The van der Waals surface area contributed by atoms with Gasteiger partial charge in [0.25, 0.3) is 0 Å². The van der Waals surface area contributed by atoms with Crippen LogP contribution < -0.4 is 0 Å². The topological polar surface area (TPSA) is 48.8 Å². The highest BCUT2D eigenvalue weighted by molar-refractivity contribution is 6.18. The van der Waals surface area contributed by atoms with Gasteiger partial charge in [-0.1, -0.05) is 121 Å². The van der Waals surface area contributed by atoms with E-state index in [-0.39, 0.29) is 0 Å². The summed E-state index contributed by atoms with van der Waals surface area (Å²) in [5.74, 6) is 0.629. The Kier molecular flexibility index (Phi) is 6.10. The SMILES string of the molecule is c1ccc2cc3c(cc2c1)c1ccccc1n3-c1cccc2cc3c(cc12)c1ccccc1n3-c1nc(-c2cccc3oc4ccccc4c23)c2ccccc2n1. The molecule has 0 bridgehead atoms. The summed E-state index contributed by atoms with van der Waals surface area (Å²) in [5.41, 5.74) is 10.1. The molecule has 0 radical (unpaired) electrons. The zero-order valence-electron chi connectivity index (χ0n) is 30.5. The molecule has 0 atom stereocenters. The van der Waals surface area contributed by atoms with Crippen molar-refractivity contribution in [2.45, 2.75) is 0 Å². The Morgan fingerprint density at radius 3 is 1.81 bits per heavy atom. The molecule has 0 unspecified atom stereocenters. The van der Waals surface area contributed by atoms with Crippen LogP contribution in [-0.2, 0) is 0 Å². The maximum Gasteiger partial charge on any atom is 0.235 e. The molecule has 0 saturated heterocycles. The second-order valence-electron chi connectivity index (χ2n) is 15.0. The smallest absolute Gasteiger partial charge is 0.235 e. The summed E-state index contributed by atoms with van der Waals surface area (Å²) >= 11 is 0. The Balaban J connectivity index is 1.10. The molecule has 57 heavy (non-hydrogen) atoms. The van der Waals surface area contributed by atoms with Crippen molar-refractivity contribution in [1.82, 2.24) is 19.1 Å². The van der Waals surface area contributed by atoms with Crippen molar-refractivity contribution < 1.29 is 4.42 Å². The maximum atomic E-state index is 6.34. The molecule has 264 valence electrons. The predicted molar refractivity (Wildman–Crippen MR) is 236 cm³/mol. The van der Waals surface area contributed by atoms with Crippen molar-refractivity contribution in [3.63, 3.8) is 0 Å². The van der Waals surface area contributed by atoms with Crippen molar-refractivity contribution in [2.24, 2.45) is 0 Å². The first-order chi connectivity index (χ1) is 28.3. The number of para-hydroxylation sites is 4.